The van der Waals surface area contributed by atoms with Gasteiger partial charge in [0, 0.05) is 37.8 Å². The SMILES string of the molecule is CN=C(NCC(=O)NC(C)(C)C)NC1CCN(c2ccc(F)cc2F)C1.I. The van der Waals surface area contributed by atoms with Crippen molar-refractivity contribution in [1.82, 2.24) is 16.0 Å². The van der Waals surface area contributed by atoms with E-state index < -0.39 is 11.6 Å². The number of carbonyl (C=O) groups is 1. The number of hydrogen-bond acceptors (Lipinski definition) is 3. The molecule has 1 aliphatic rings. The molecule has 0 spiro atoms. The number of benzene rings is 1. The van der Waals surface area contributed by atoms with Crippen molar-refractivity contribution >= 4 is 41.5 Å². The Balaban J connectivity index is 0.00000364. The zero-order valence-electron chi connectivity index (χ0n) is 16.1. The molecule has 2 rings (SSSR count). The number of carbonyl (C=O) groups excluding carboxylic acids is 1. The Bertz CT molecular complexity index is 678. The van der Waals surface area contributed by atoms with E-state index in [1.54, 1.807) is 7.05 Å². The third-order valence-corrected chi connectivity index (χ3v) is 3.93. The lowest BCUT2D eigenvalue weighted by Gasteiger charge is -2.22. The van der Waals surface area contributed by atoms with E-state index in [2.05, 4.69) is 20.9 Å². The average Bonchev–Trinajstić information content (AvgIpc) is 2.98. The largest absolute Gasteiger partial charge is 0.367 e. The molecule has 0 radical (unpaired) electrons. The predicted octanol–water partition coefficient (Wildman–Crippen LogP) is 2.24. The van der Waals surface area contributed by atoms with Crippen molar-refractivity contribution in [3.05, 3.63) is 29.8 Å². The van der Waals surface area contributed by atoms with Gasteiger partial charge < -0.3 is 20.9 Å². The minimum Gasteiger partial charge on any atom is -0.367 e. The fraction of sp³-hybridized carbons (Fsp3) is 0.556. The highest BCUT2D eigenvalue weighted by atomic mass is 127. The van der Waals surface area contributed by atoms with E-state index >= 15 is 0 Å². The quantitative estimate of drug-likeness (QED) is 0.341. The summed E-state index contributed by atoms with van der Waals surface area (Å²) in [6.07, 6.45) is 0.783. The Kier molecular flexibility index (Phi) is 8.70. The molecule has 1 aromatic carbocycles. The fourth-order valence-corrected chi connectivity index (χ4v) is 2.85. The van der Waals surface area contributed by atoms with Gasteiger partial charge in [-0.15, -0.1) is 24.0 Å². The molecular weight excluding hydrogens is 467 g/mol. The first kappa shape index (κ1) is 23.4. The highest BCUT2D eigenvalue weighted by Crippen LogP contribution is 2.24. The summed E-state index contributed by atoms with van der Waals surface area (Å²) >= 11 is 0. The first-order valence-electron chi connectivity index (χ1n) is 8.66. The summed E-state index contributed by atoms with van der Waals surface area (Å²) < 4.78 is 27.0. The van der Waals surface area contributed by atoms with Crippen LogP contribution in [-0.4, -0.2) is 50.1 Å². The van der Waals surface area contributed by atoms with Gasteiger partial charge in [-0.3, -0.25) is 9.79 Å². The van der Waals surface area contributed by atoms with Gasteiger partial charge in [-0.2, -0.15) is 0 Å². The number of amides is 1. The monoisotopic (exact) mass is 495 g/mol. The fourth-order valence-electron chi connectivity index (χ4n) is 2.85. The number of hydrogen-bond donors (Lipinski definition) is 3. The molecule has 1 fully saturated rings. The highest BCUT2D eigenvalue weighted by Gasteiger charge is 2.25. The number of anilines is 1. The van der Waals surface area contributed by atoms with Crippen LogP contribution in [0.4, 0.5) is 14.5 Å². The van der Waals surface area contributed by atoms with Gasteiger partial charge >= 0.3 is 0 Å². The van der Waals surface area contributed by atoms with Gasteiger partial charge in [0.2, 0.25) is 5.91 Å². The van der Waals surface area contributed by atoms with Crippen LogP contribution in [-0.2, 0) is 4.79 Å². The summed E-state index contributed by atoms with van der Waals surface area (Å²) in [7, 11) is 1.63. The third-order valence-electron chi connectivity index (χ3n) is 3.93. The van der Waals surface area contributed by atoms with Crippen molar-refractivity contribution in [2.75, 3.05) is 31.6 Å². The minimum absolute atomic E-state index is 0. The molecule has 6 nitrogen and oxygen atoms in total. The normalized spacial score (nSPS) is 17.3. The van der Waals surface area contributed by atoms with E-state index in [0.29, 0.717) is 24.7 Å². The van der Waals surface area contributed by atoms with E-state index in [-0.39, 0.29) is 48.0 Å². The van der Waals surface area contributed by atoms with Crippen LogP contribution < -0.4 is 20.9 Å². The summed E-state index contributed by atoms with van der Waals surface area (Å²) in [5, 5.41) is 9.08. The maximum atomic E-state index is 13.9. The number of rotatable bonds is 4. The topological polar surface area (TPSA) is 68.8 Å². The van der Waals surface area contributed by atoms with Crippen LogP contribution in [0.2, 0.25) is 0 Å². The molecule has 0 aromatic heterocycles. The Labute approximate surface area is 176 Å². The molecule has 0 bridgehead atoms. The van der Waals surface area contributed by atoms with Crippen LogP contribution in [0, 0.1) is 11.6 Å². The van der Waals surface area contributed by atoms with Gasteiger partial charge in [-0.25, -0.2) is 8.78 Å². The van der Waals surface area contributed by atoms with E-state index in [4.69, 9.17) is 0 Å². The lowest BCUT2D eigenvalue weighted by molar-refractivity contribution is -0.121. The van der Waals surface area contributed by atoms with Crippen molar-refractivity contribution in [3.8, 4) is 0 Å². The summed E-state index contributed by atoms with van der Waals surface area (Å²) in [6, 6.07) is 3.66. The molecule has 27 heavy (non-hydrogen) atoms. The van der Waals surface area contributed by atoms with Gasteiger partial charge in [-0.1, -0.05) is 0 Å². The van der Waals surface area contributed by atoms with Crippen LogP contribution in [0.5, 0.6) is 0 Å². The van der Waals surface area contributed by atoms with Gasteiger partial charge in [0.25, 0.3) is 0 Å². The molecule has 152 valence electrons. The molecule has 1 aromatic rings. The van der Waals surface area contributed by atoms with Gasteiger partial charge in [0.1, 0.15) is 11.6 Å². The van der Waals surface area contributed by atoms with Gasteiger partial charge in [-0.05, 0) is 39.3 Å². The maximum Gasteiger partial charge on any atom is 0.239 e. The number of aliphatic imine (C=N–C) groups is 1. The van der Waals surface area contributed by atoms with Crippen LogP contribution in [0.1, 0.15) is 27.2 Å². The predicted molar refractivity (Wildman–Crippen MR) is 115 cm³/mol. The van der Waals surface area contributed by atoms with Crippen LogP contribution in [0.15, 0.2) is 23.2 Å². The standard InChI is InChI=1S/C18H27F2N5O.HI/c1-18(2,3)24-16(26)10-22-17(21-4)23-13-7-8-25(11-13)15-6-5-12(19)9-14(15)20;/h5-6,9,13H,7-8,10-11H2,1-4H3,(H,24,26)(H2,21,22,23);1H. The second-order valence-electron chi connectivity index (χ2n) is 7.40. The summed E-state index contributed by atoms with van der Waals surface area (Å²) in [5.41, 5.74) is 0.101. The molecule has 3 N–H and O–H groups in total. The zero-order valence-corrected chi connectivity index (χ0v) is 18.4. The molecule has 1 amide bonds. The highest BCUT2D eigenvalue weighted by molar-refractivity contribution is 14.0. The maximum absolute atomic E-state index is 13.9. The molecular formula is C18H28F2IN5O. The second-order valence-corrected chi connectivity index (χ2v) is 7.40. The Morgan fingerprint density at radius 2 is 2.04 bits per heavy atom. The van der Waals surface area contributed by atoms with Crippen LogP contribution in [0.25, 0.3) is 0 Å². The average molecular weight is 495 g/mol. The Morgan fingerprint density at radius 3 is 2.63 bits per heavy atom. The van der Waals surface area contributed by atoms with E-state index in [1.807, 2.05) is 25.7 Å². The van der Waals surface area contributed by atoms with E-state index in [9.17, 15) is 13.6 Å². The molecule has 1 heterocycles. The van der Waals surface area contributed by atoms with Crippen LogP contribution in [0.3, 0.4) is 0 Å². The first-order chi connectivity index (χ1) is 12.2. The molecule has 1 atom stereocenters. The molecule has 1 saturated heterocycles. The van der Waals surface area contributed by atoms with Crippen molar-refractivity contribution in [1.29, 1.82) is 0 Å². The summed E-state index contributed by atoms with van der Waals surface area (Å²) in [4.78, 5) is 17.9. The van der Waals surface area contributed by atoms with Crippen molar-refractivity contribution in [2.45, 2.75) is 38.8 Å². The molecule has 9 heteroatoms. The Hall–Kier alpha value is -1.65. The molecule has 0 saturated carbocycles. The lowest BCUT2D eigenvalue weighted by atomic mass is 10.1. The molecule has 1 unspecified atom stereocenters. The number of nitrogens with one attached hydrogen (secondary N) is 3. The zero-order chi connectivity index (χ0) is 19.3. The second kappa shape index (κ2) is 10.0. The summed E-state index contributed by atoms with van der Waals surface area (Å²) in [5.74, 6) is -0.757. The lowest BCUT2D eigenvalue weighted by Crippen LogP contribution is -2.50. The van der Waals surface area contributed by atoms with Gasteiger partial charge in [0.15, 0.2) is 5.96 Å². The van der Waals surface area contributed by atoms with Gasteiger partial charge in [0.05, 0.1) is 12.2 Å². The number of nitrogens with zero attached hydrogens (tertiary/aromatic N) is 2. The smallest absolute Gasteiger partial charge is 0.239 e. The molecule has 1 aliphatic heterocycles. The minimum atomic E-state index is -0.585. The molecule has 0 aliphatic carbocycles. The first-order valence-corrected chi connectivity index (χ1v) is 8.66. The van der Waals surface area contributed by atoms with Crippen LogP contribution >= 0.6 is 24.0 Å². The van der Waals surface area contributed by atoms with E-state index in [0.717, 1.165) is 12.5 Å². The third kappa shape index (κ3) is 7.47. The van der Waals surface area contributed by atoms with Crippen molar-refractivity contribution in [2.24, 2.45) is 4.99 Å². The Morgan fingerprint density at radius 1 is 1.33 bits per heavy atom. The van der Waals surface area contributed by atoms with E-state index in [1.165, 1.54) is 12.1 Å². The van der Waals surface area contributed by atoms with Crippen molar-refractivity contribution < 1.29 is 13.6 Å². The number of guanidine groups is 1. The van der Waals surface area contributed by atoms with Crippen molar-refractivity contribution in [3.63, 3.8) is 0 Å². The number of halogens is 3. The summed E-state index contributed by atoms with van der Waals surface area (Å²) in [6.45, 7) is 7.08.